The van der Waals surface area contributed by atoms with Crippen LogP contribution in [0.25, 0.3) is 21.8 Å². The van der Waals surface area contributed by atoms with E-state index < -0.39 is 223 Å². The van der Waals surface area contributed by atoms with Crippen molar-refractivity contribution >= 4 is 169 Å². The average molecular weight is 1790 g/mol. The molecule has 670 valence electrons. The topological polar surface area (TPSA) is 629 Å². The van der Waals surface area contributed by atoms with Gasteiger partial charge in [-0.1, -0.05) is 82.3 Å². The number of aliphatic hydroxyl groups excluding tert-OH is 2. The maximum Gasteiger partial charge on any atom is 0.305 e. The second-order valence-electron chi connectivity index (χ2n) is 30.9. The van der Waals surface area contributed by atoms with E-state index in [0.29, 0.717) is 49.6 Å². The molecular formula is C80H111N19O20S4. The summed E-state index contributed by atoms with van der Waals surface area (Å²) in [5.41, 5.74) is 21.0. The van der Waals surface area contributed by atoms with Crippen LogP contribution in [0.1, 0.15) is 108 Å². The molecule has 7 rings (SSSR count). The van der Waals surface area contributed by atoms with Crippen LogP contribution in [0.3, 0.4) is 0 Å². The summed E-state index contributed by atoms with van der Waals surface area (Å²) in [6, 6.07) is -3.70. The number of benzene rings is 3. The lowest BCUT2D eigenvalue weighted by Crippen LogP contribution is -2.62. The first kappa shape index (κ1) is 99.1. The van der Waals surface area contributed by atoms with Crippen molar-refractivity contribution in [3.8, 4) is 0 Å². The number of carbonyl (C=O) groups excluding carboxylic acids is 16. The maximum atomic E-state index is 15.3. The molecule has 0 saturated carbocycles. The summed E-state index contributed by atoms with van der Waals surface area (Å²) in [7, 11) is 0. The zero-order chi connectivity index (χ0) is 90.5. The van der Waals surface area contributed by atoms with E-state index in [1.807, 2.05) is 0 Å². The fourth-order valence-corrected chi connectivity index (χ4v) is 16.6. The summed E-state index contributed by atoms with van der Waals surface area (Å²) >= 11 is 4.50. The molecule has 43 heteroatoms. The van der Waals surface area contributed by atoms with Gasteiger partial charge in [-0.15, -0.1) is 0 Å². The van der Waals surface area contributed by atoms with E-state index in [1.165, 1.54) is 38.7 Å². The van der Waals surface area contributed by atoms with E-state index >= 15 is 14.4 Å². The zero-order valence-corrected chi connectivity index (χ0v) is 72.5. The Kier molecular flexibility index (Phi) is 38.8. The Balaban J connectivity index is 1.38. The van der Waals surface area contributed by atoms with Gasteiger partial charge in [-0.05, 0) is 104 Å². The molecule has 0 unspecified atom stereocenters. The Labute approximate surface area is 726 Å². The van der Waals surface area contributed by atoms with Crippen LogP contribution in [-0.2, 0) is 112 Å². The largest absolute Gasteiger partial charge is 0.481 e. The van der Waals surface area contributed by atoms with Crippen molar-refractivity contribution in [3.63, 3.8) is 0 Å². The normalized spacial score (nSPS) is 24.0. The first-order valence-corrected chi connectivity index (χ1v) is 44.7. The van der Waals surface area contributed by atoms with Crippen LogP contribution in [0.2, 0.25) is 0 Å². The summed E-state index contributed by atoms with van der Waals surface area (Å²) in [6.07, 6.45) is 0.00485. The number of aliphatic hydroxyl groups is 2. The van der Waals surface area contributed by atoms with Gasteiger partial charge in [0.1, 0.15) is 78.5 Å². The van der Waals surface area contributed by atoms with Crippen molar-refractivity contribution in [2.24, 2.45) is 29.0 Å². The minimum absolute atomic E-state index is 0.00901. The number of aromatic amines is 2. The fraction of sp³-hybridized carbons (Fsp3) is 0.512. The quantitative estimate of drug-likeness (QED) is 0.0323. The van der Waals surface area contributed by atoms with E-state index in [4.69, 9.17) is 17.2 Å². The van der Waals surface area contributed by atoms with Crippen LogP contribution >= 0.6 is 47.0 Å². The summed E-state index contributed by atoms with van der Waals surface area (Å²) in [6.45, 7) is 8.74. The second kappa shape index (κ2) is 48.2. The molecule has 5 aromatic rings. The smallest absolute Gasteiger partial charge is 0.305 e. The van der Waals surface area contributed by atoms with Crippen molar-refractivity contribution in [1.82, 2.24) is 84.4 Å². The molecule has 16 amide bonds. The van der Waals surface area contributed by atoms with E-state index in [0.717, 1.165) is 35.3 Å². The highest BCUT2D eigenvalue weighted by Gasteiger charge is 2.40. The van der Waals surface area contributed by atoms with Crippen molar-refractivity contribution in [3.05, 3.63) is 107 Å². The molecule has 39 nitrogen and oxygen atoms in total. The summed E-state index contributed by atoms with van der Waals surface area (Å²) in [5.74, 6) is -19.8. The SMILES string of the molecule is CSCC[C@@H]1NC(=O)[C@@H](NC(=O)[C@H](C)N)CSCc2cc3cc(c2)CSC[C@@H](C(=O)N[C@@H](C)C(N)=O)NC(=O)[C@H]([C@@H](C)O)NC(=O)[C@H](Cc2c[nH]c4ccccc24)NC(=O)CNC(=O)[C@H](CC(C)C)NC(=O)[C@H](CO)NC(=O)[C@H](CSC3)NC(=O)[C@H](CC(C)C)NC(=O)[C@H](Cc2c[nH]c3ccccc23)NC(=O)[C@H](CC(=O)O)NC(=O)[C@H](CC(N)=O)NC1=O. The molecule has 0 saturated heterocycles. The van der Waals surface area contributed by atoms with Gasteiger partial charge in [0.2, 0.25) is 94.5 Å². The van der Waals surface area contributed by atoms with Gasteiger partial charge >= 0.3 is 5.97 Å². The van der Waals surface area contributed by atoms with Gasteiger partial charge in [0.25, 0.3) is 0 Å². The predicted octanol–water partition coefficient (Wildman–Crippen LogP) is -3.30. The number of carbonyl (C=O) groups is 17. The molecule has 4 bridgehead atoms. The molecule has 123 heavy (non-hydrogen) atoms. The lowest BCUT2D eigenvalue weighted by Gasteiger charge is -2.28. The molecule has 4 heterocycles. The summed E-state index contributed by atoms with van der Waals surface area (Å²) in [5, 5.41) is 69.3. The van der Waals surface area contributed by atoms with Crippen LogP contribution in [0.4, 0.5) is 0 Å². The predicted molar refractivity (Wildman–Crippen MR) is 462 cm³/mol. The number of fused-ring (bicyclic) bond motifs is 7. The third-order valence-electron chi connectivity index (χ3n) is 19.6. The van der Waals surface area contributed by atoms with E-state index in [9.17, 15) is 82.4 Å². The number of thioether (sulfide) groups is 4. The summed E-state index contributed by atoms with van der Waals surface area (Å²) < 4.78 is 0. The third kappa shape index (κ3) is 31.1. The number of primary amides is 2. The Morgan fingerprint density at radius 2 is 0.976 bits per heavy atom. The van der Waals surface area contributed by atoms with Crippen LogP contribution in [-0.4, -0.2) is 259 Å². The van der Waals surface area contributed by atoms with Crippen LogP contribution in [0.15, 0.2) is 79.1 Å². The molecule has 25 N–H and O–H groups in total. The van der Waals surface area contributed by atoms with Gasteiger partial charge in [-0.2, -0.15) is 47.0 Å². The minimum atomic E-state index is -2.08. The molecule has 0 aliphatic carbocycles. The number of hydrogen-bond donors (Lipinski definition) is 22. The number of rotatable bonds is 22. The number of para-hydroxylation sites is 2. The zero-order valence-electron chi connectivity index (χ0n) is 69.3. The number of carboxylic acids is 1. The van der Waals surface area contributed by atoms with Crippen LogP contribution < -0.4 is 91.6 Å². The highest BCUT2D eigenvalue weighted by atomic mass is 32.2. The van der Waals surface area contributed by atoms with Gasteiger partial charge in [-0.3, -0.25) is 81.5 Å². The van der Waals surface area contributed by atoms with Gasteiger partial charge in [0, 0.05) is 81.6 Å². The molecule has 0 spiro atoms. The van der Waals surface area contributed by atoms with Gasteiger partial charge < -0.3 is 117 Å². The highest BCUT2D eigenvalue weighted by molar-refractivity contribution is 7.99. The number of aliphatic carboxylic acids is 1. The Morgan fingerprint density at radius 3 is 1.49 bits per heavy atom. The van der Waals surface area contributed by atoms with E-state index in [-0.39, 0.29) is 78.3 Å². The molecule has 0 fully saturated rings. The number of nitrogens with one attached hydrogen (secondary N) is 16. The van der Waals surface area contributed by atoms with E-state index in [2.05, 4.69) is 84.4 Å². The van der Waals surface area contributed by atoms with Crippen molar-refractivity contribution in [2.75, 3.05) is 42.4 Å². The van der Waals surface area contributed by atoms with Gasteiger partial charge in [0.15, 0.2) is 0 Å². The minimum Gasteiger partial charge on any atom is -0.481 e. The van der Waals surface area contributed by atoms with Crippen LogP contribution in [0.5, 0.6) is 0 Å². The average Bonchev–Trinajstić information content (AvgIpc) is 1.73. The molecule has 3 aromatic carbocycles. The monoisotopic (exact) mass is 1790 g/mol. The lowest BCUT2D eigenvalue weighted by atomic mass is 10.00. The van der Waals surface area contributed by atoms with Gasteiger partial charge in [0.05, 0.1) is 38.1 Å². The Hall–Kier alpha value is -11.0. The number of aromatic nitrogens is 2. The molecule has 2 aliphatic heterocycles. The number of nitrogens with two attached hydrogens (primary N) is 3. The molecule has 15 atom stereocenters. The first-order valence-electron chi connectivity index (χ1n) is 39.8. The van der Waals surface area contributed by atoms with E-state index in [1.54, 1.807) is 107 Å². The Bertz CT molecular complexity index is 4640. The lowest BCUT2D eigenvalue weighted by molar-refractivity contribution is -0.142. The maximum absolute atomic E-state index is 15.3. The number of amides is 16. The van der Waals surface area contributed by atoms with Crippen molar-refractivity contribution < 1.29 is 96.8 Å². The molecule has 2 aliphatic rings. The fourth-order valence-electron chi connectivity index (χ4n) is 13.2. The molecular weight excluding hydrogens is 1680 g/mol. The second-order valence-corrected chi connectivity index (χ2v) is 35.0. The Morgan fingerprint density at radius 1 is 0.520 bits per heavy atom. The van der Waals surface area contributed by atoms with Crippen LogP contribution in [0, 0.1) is 11.8 Å². The molecule has 0 radical (unpaired) electrons. The van der Waals surface area contributed by atoms with Gasteiger partial charge in [-0.25, -0.2) is 0 Å². The van der Waals surface area contributed by atoms with Crippen molar-refractivity contribution in [2.45, 2.75) is 201 Å². The number of hydrogen-bond acceptors (Lipinski definition) is 24. The summed E-state index contributed by atoms with van der Waals surface area (Å²) in [4.78, 5) is 248. The number of carboxylic acid groups (broad SMARTS) is 1. The first-order chi connectivity index (χ1) is 58.3. The standard InChI is InChI=1S/C80H111N19O20S4/c1-38(2)19-53-69(108)86-30-64(103)88-55(24-46-28-84-50-15-11-9-13-48(46)50)75(114)99-66(42(7)101)80(119)98-60(77(116)87-41(6)67(83)106)35-121-32-43-21-44-23-45(22-43)34-123-37-62(79(118)95-59(31-100)76(115)90-53)97-71(110)54(20-39(3)4)91-72(111)56(25-47-29-85-51-16-12-10-14-49(47)51)92-74(113)58(27-65(104)105)94-73(112)57(26-63(82)102)93-70(109)52(17-18-120-8)89-78(117)61(36-122-33-44)96-68(107)40(5)81/h9-16,21-23,28-29,38-42,52-62,66,84-85,100-101H,17-20,24-27,30-37,81H2,1-8H3,(H2,82,102)(H2,83,106)(H,86,108)(H,87,116)(H,88,103)(H,89,117)(H,90,115)(H,91,111)(H,92,113)(H,93,109)(H,94,112)(H,95,118)(H,96,107)(H,97,110)(H,98,119)(H,99,114)(H,104,105)/t40-,41-,42+,52-,53-,54-,55-,56-,57-,58-,59-,60-,61-,62-,66-/m0/s1. The molecule has 2 aromatic heterocycles. The number of H-pyrrole nitrogens is 2. The van der Waals surface area contributed by atoms with Crippen molar-refractivity contribution in [1.29, 1.82) is 0 Å². The third-order valence-corrected chi connectivity index (χ3v) is 23.6. The highest BCUT2D eigenvalue weighted by Crippen LogP contribution is 2.27.